The molecular weight excluding hydrogens is 244 g/mol. The third kappa shape index (κ3) is 1.58. The maximum Gasteiger partial charge on any atom is 0.155 e. The normalized spacial score (nSPS) is 50.2. The Balaban J connectivity index is 1.70. The van der Waals surface area contributed by atoms with Crippen molar-refractivity contribution in [3.63, 3.8) is 0 Å². The zero-order valence-corrected chi connectivity index (χ0v) is 12.8. The molecule has 5 atom stereocenters. The average Bonchev–Trinajstić information content (AvgIpc) is 2.81. The van der Waals surface area contributed by atoms with Crippen LogP contribution in [-0.4, -0.2) is 5.78 Å². The number of fused-ring (bicyclic) bond motifs is 5. The van der Waals surface area contributed by atoms with Crippen molar-refractivity contribution in [3.8, 4) is 0 Å². The zero-order chi connectivity index (χ0) is 14.0. The van der Waals surface area contributed by atoms with Gasteiger partial charge in [-0.25, -0.2) is 0 Å². The highest BCUT2D eigenvalue weighted by atomic mass is 16.1. The number of hydrogen-bond donors (Lipinski definition) is 0. The van der Waals surface area contributed by atoms with Gasteiger partial charge in [-0.1, -0.05) is 31.6 Å². The number of allylic oxidation sites excluding steroid dienone is 4. The molecule has 108 valence electrons. The van der Waals surface area contributed by atoms with E-state index in [-0.39, 0.29) is 0 Å². The molecule has 0 aliphatic heterocycles. The standard InChI is InChI=1S/C19H26O/c1-18-9-3-4-16(18)15-6-5-13-12-14(20)7-11-19(13,2)17(15)8-10-18/h3,9,12,15-17H,4-8,10-11H2,1-2H3/t15?,16?,17-,18-,19?/m0/s1. The van der Waals surface area contributed by atoms with E-state index in [2.05, 4.69) is 26.0 Å². The van der Waals surface area contributed by atoms with Crippen molar-refractivity contribution >= 4 is 5.78 Å². The van der Waals surface area contributed by atoms with E-state index in [1.807, 2.05) is 6.08 Å². The molecule has 1 nitrogen and oxygen atoms in total. The molecule has 2 saturated carbocycles. The Morgan fingerprint density at radius 1 is 1.10 bits per heavy atom. The summed E-state index contributed by atoms with van der Waals surface area (Å²) >= 11 is 0. The second-order valence-corrected chi connectivity index (χ2v) is 8.15. The van der Waals surface area contributed by atoms with Gasteiger partial charge < -0.3 is 0 Å². The van der Waals surface area contributed by atoms with E-state index in [4.69, 9.17) is 0 Å². The average molecular weight is 270 g/mol. The summed E-state index contributed by atoms with van der Waals surface area (Å²) < 4.78 is 0. The molecule has 4 rings (SSSR count). The highest BCUT2D eigenvalue weighted by Gasteiger charge is 2.54. The van der Waals surface area contributed by atoms with Gasteiger partial charge in [0.2, 0.25) is 0 Å². The third-order valence-electron chi connectivity index (χ3n) is 7.29. The third-order valence-corrected chi connectivity index (χ3v) is 7.29. The van der Waals surface area contributed by atoms with E-state index >= 15 is 0 Å². The van der Waals surface area contributed by atoms with Crippen LogP contribution >= 0.6 is 0 Å². The lowest BCUT2D eigenvalue weighted by Crippen LogP contribution is -2.49. The van der Waals surface area contributed by atoms with Crippen LogP contribution in [0.3, 0.4) is 0 Å². The lowest BCUT2D eigenvalue weighted by molar-refractivity contribution is -0.117. The van der Waals surface area contributed by atoms with Gasteiger partial charge in [0.05, 0.1) is 0 Å². The van der Waals surface area contributed by atoms with E-state index in [0.29, 0.717) is 16.6 Å². The molecule has 0 amide bonds. The van der Waals surface area contributed by atoms with E-state index in [9.17, 15) is 4.79 Å². The molecular formula is C19H26O. The van der Waals surface area contributed by atoms with Gasteiger partial charge in [0.25, 0.3) is 0 Å². The van der Waals surface area contributed by atoms with Crippen LogP contribution in [-0.2, 0) is 4.79 Å². The lowest BCUT2D eigenvalue weighted by Gasteiger charge is -2.57. The minimum atomic E-state index is 0.334. The Morgan fingerprint density at radius 3 is 2.80 bits per heavy atom. The SMILES string of the molecule is CC12CCC(=O)C=C1CCC1C3CC=C[C@@]3(C)CC[C@@H]12. The van der Waals surface area contributed by atoms with E-state index in [1.54, 1.807) is 0 Å². The Kier molecular flexibility index (Phi) is 2.63. The van der Waals surface area contributed by atoms with Gasteiger partial charge in [-0.3, -0.25) is 4.79 Å². The van der Waals surface area contributed by atoms with Gasteiger partial charge in [-0.2, -0.15) is 0 Å². The molecule has 0 heterocycles. The Bertz CT molecular complexity index is 514. The van der Waals surface area contributed by atoms with Crippen LogP contribution in [0.2, 0.25) is 0 Å². The molecule has 0 aromatic heterocycles. The molecule has 4 aliphatic carbocycles. The summed E-state index contributed by atoms with van der Waals surface area (Å²) in [5, 5.41) is 0. The summed E-state index contributed by atoms with van der Waals surface area (Å²) in [6, 6.07) is 0. The summed E-state index contributed by atoms with van der Waals surface area (Å²) in [4.78, 5) is 11.8. The molecule has 0 aromatic rings. The van der Waals surface area contributed by atoms with Gasteiger partial charge in [-0.15, -0.1) is 0 Å². The Hall–Kier alpha value is -0.850. The Labute approximate surface area is 122 Å². The predicted molar refractivity (Wildman–Crippen MR) is 81.2 cm³/mol. The summed E-state index contributed by atoms with van der Waals surface area (Å²) in [5.41, 5.74) is 2.30. The predicted octanol–water partition coefficient (Wildman–Crippen LogP) is 4.68. The fraction of sp³-hybridized carbons (Fsp3) is 0.737. The molecule has 0 bridgehead atoms. The monoisotopic (exact) mass is 270 g/mol. The molecule has 2 fully saturated rings. The highest BCUT2D eigenvalue weighted by Crippen LogP contribution is 2.63. The second kappa shape index (κ2) is 4.08. The van der Waals surface area contributed by atoms with Crippen molar-refractivity contribution in [3.05, 3.63) is 23.8 Å². The number of hydrogen-bond acceptors (Lipinski definition) is 1. The molecule has 0 N–H and O–H groups in total. The topological polar surface area (TPSA) is 17.1 Å². The van der Waals surface area contributed by atoms with Crippen molar-refractivity contribution in [2.45, 2.75) is 58.8 Å². The van der Waals surface area contributed by atoms with Crippen molar-refractivity contribution in [1.82, 2.24) is 0 Å². The quantitative estimate of drug-likeness (QED) is 0.584. The molecule has 0 saturated heterocycles. The van der Waals surface area contributed by atoms with E-state index in [0.717, 1.165) is 30.6 Å². The first-order valence-corrected chi connectivity index (χ1v) is 8.44. The first-order valence-electron chi connectivity index (χ1n) is 8.44. The molecule has 1 heteroatoms. The van der Waals surface area contributed by atoms with Gasteiger partial charge in [0.15, 0.2) is 5.78 Å². The molecule has 0 radical (unpaired) electrons. The summed E-state index contributed by atoms with van der Waals surface area (Å²) in [7, 11) is 0. The van der Waals surface area contributed by atoms with Gasteiger partial charge in [0.1, 0.15) is 0 Å². The van der Waals surface area contributed by atoms with E-state index < -0.39 is 0 Å². The van der Waals surface area contributed by atoms with Crippen LogP contribution in [0.15, 0.2) is 23.8 Å². The molecule has 0 spiro atoms. The minimum absolute atomic E-state index is 0.334. The summed E-state index contributed by atoms with van der Waals surface area (Å²) in [6.45, 7) is 4.95. The van der Waals surface area contributed by atoms with Crippen molar-refractivity contribution in [2.75, 3.05) is 0 Å². The maximum atomic E-state index is 11.8. The first kappa shape index (κ1) is 12.9. The van der Waals surface area contributed by atoms with E-state index in [1.165, 1.54) is 37.7 Å². The van der Waals surface area contributed by atoms with Crippen LogP contribution in [0, 0.1) is 28.6 Å². The summed E-state index contributed by atoms with van der Waals surface area (Å²) in [6.07, 6.45) is 15.4. The van der Waals surface area contributed by atoms with Crippen molar-refractivity contribution in [2.24, 2.45) is 28.6 Å². The van der Waals surface area contributed by atoms with Crippen LogP contribution in [0.25, 0.3) is 0 Å². The zero-order valence-electron chi connectivity index (χ0n) is 12.8. The van der Waals surface area contributed by atoms with Crippen LogP contribution in [0.1, 0.15) is 58.8 Å². The van der Waals surface area contributed by atoms with Gasteiger partial charge in [-0.05, 0) is 73.2 Å². The largest absolute Gasteiger partial charge is 0.295 e. The Morgan fingerprint density at radius 2 is 1.95 bits per heavy atom. The molecule has 3 unspecified atom stereocenters. The maximum absolute atomic E-state index is 11.8. The van der Waals surface area contributed by atoms with Crippen LogP contribution in [0.4, 0.5) is 0 Å². The summed E-state index contributed by atoms with van der Waals surface area (Å²) in [5.74, 6) is 2.96. The fourth-order valence-corrected chi connectivity index (χ4v) is 6.04. The molecule has 0 aromatic carbocycles. The highest BCUT2D eigenvalue weighted by molar-refractivity contribution is 5.91. The minimum Gasteiger partial charge on any atom is -0.295 e. The number of rotatable bonds is 0. The van der Waals surface area contributed by atoms with Gasteiger partial charge >= 0.3 is 0 Å². The smallest absolute Gasteiger partial charge is 0.155 e. The van der Waals surface area contributed by atoms with Crippen LogP contribution in [0.5, 0.6) is 0 Å². The molecule has 4 aliphatic rings. The number of carbonyl (C=O) groups excluding carboxylic acids is 1. The van der Waals surface area contributed by atoms with Crippen LogP contribution < -0.4 is 0 Å². The first-order chi connectivity index (χ1) is 9.53. The van der Waals surface area contributed by atoms with Gasteiger partial charge in [0, 0.05) is 6.42 Å². The molecule has 20 heavy (non-hydrogen) atoms. The number of carbonyl (C=O) groups is 1. The second-order valence-electron chi connectivity index (χ2n) is 8.15. The van der Waals surface area contributed by atoms with Crippen molar-refractivity contribution in [1.29, 1.82) is 0 Å². The van der Waals surface area contributed by atoms with Crippen molar-refractivity contribution < 1.29 is 4.79 Å². The fourth-order valence-electron chi connectivity index (χ4n) is 6.04. The lowest BCUT2D eigenvalue weighted by atomic mass is 9.47. The number of ketones is 1.